The van der Waals surface area contributed by atoms with Gasteiger partial charge in [-0.25, -0.2) is 0 Å². The molecule has 3 aromatic carbocycles. The Morgan fingerprint density at radius 2 is 1.44 bits per heavy atom. The minimum Gasteiger partial charge on any atom is -0.497 e. The van der Waals surface area contributed by atoms with Gasteiger partial charge in [-0.2, -0.15) is 5.06 Å². The molecule has 0 aromatic heterocycles. The third kappa shape index (κ3) is 6.50. The number of hydroxylamine groups is 2. The minimum absolute atomic E-state index is 0.148. The lowest BCUT2D eigenvalue weighted by atomic mass is 9.77. The number of unbranched alkanes of at least 4 members (excludes halogenated alkanes) is 2. The molecule has 216 valence electrons. The highest BCUT2D eigenvalue weighted by Gasteiger charge is 2.42. The summed E-state index contributed by atoms with van der Waals surface area (Å²) in [6.07, 6.45) is 3.70. The lowest BCUT2D eigenvalue weighted by Crippen LogP contribution is -2.32. The van der Waals surface area contributed by atoms with Gasteiger partial charge in [-0.05, 0) is 60.7 Å². The van der Waals surface area contributed by atoms with Crippen LogP contribution < -0.4 is 14.2 Å². The molecule has 0 aliphatic carbocycles. The van der Waals surface area contributed by atoms with E-state index in [1.807, 2.05) is 54.6 Å². The highest BCUT2D eigenvalue weighted by Crippen LogP contribution is 2.51. The van der Waals surface area contributed by atoms with E-state index in [9.17, 15) is 19.5 Å². The number of amides is 2. The molecule has 2 aliphatic rings. The summed E-state index contributed by atoms with van der Waals surface area (Å²) in [5.74, 6) is 0.719. The molecule has 3 aromatic rings. The SMILES string of the molecule is COc1ccc(C2(O)c3ccc(CCCCCC(=O)O)cc3Oc3cc(OC)ccc32)cc1.O=C1CCC(=O)N1O. The maximum Gasteiger partial charge on any atom is 0.303 e. The number of hydrogen-bond donors (Lipinski definition) is 3. The minimum atomic E-state index is -1.40. The number of hydrogen-bond acceptors (Lipinski definition) is 8. The number of methoxy groups -OCH3 is 2. The Hall–Kier alpha value is -4.41. The zero-order valence-corrected chi connectivity index (χ0v) is 23.0. The molecule has 2 amide bonds. The number of ether oxygens (including phenoxy) is 3. The number of aliphatic carboxylic acids is 1. The first-order chi connectivity index (χ1) is 19.7. The molecule has 0 radical (unpaired) electrons. The fraction of sp³-hybridized carbons (Fsp3) is 0.323. The van der Waals surface area contributed by atoms with E-state index in [4.69, 9.17) is 24.5 Å². The van der Waals surface area contributed by atoms with Crippen LogP contribution in [0.15, 0.2) is 60.7 Å². The Bertz CT molecular complexity index is 1400. The molecule has 2 heterocycles. The van der Waals surface area contributed by atoms with Gasteiger partial charge in [0.1, 0.15) is 28.6 Å². The van der Waals surface area contributed by atoms with Gasteiger partial charge >= 0.3 is 5.97 Å². The van der Waals surface area contributed by atoms with Gasteiger partial charge in [0.15, 0.2) is 0 Å². The number of nitrogens with zero attached hydrogens (tertiary/aromatic N) is 1. The number of aryl methyl sites for hydroxylation is 1. The number of benzene rings is 3. The van der Waals surface area contributed by atoms with Crippen molar-refractivity contribution in [3.63, 3.8) is 0 Å². The third-order valence-electron chi connectivity index (χ3n) is 7.12. The van der Waals surface area contributed by atoms with Crippen LogP contribution in [0.3, 0.4) is 0 Å². The van der Waals surface area contributed by atoms with Gasteiger partial charge < -0.3 is 24.4 Å². The summed E-state index contributed by atoms with van der Waals surface area (Å²) in [5.41, 5.74) is 1.69. The van der Waals surface area contributed by atoms with Gasteiger partial charge in [0.05, 0.1) is 14.2 Å². The largest absolute Gasteiger partial charge is 0.497 e. The molecule has 1 unspecified atom stereocenters. The fourth-order valence-electron chi connectivity index (χ4n) is 4.87. The van der Waals surface area contributed by atoms with E-state index in [0.717, 1.165) is 24.8 Å². The Morgan fingerprint density at radius 1 is 0.854 bits per heavy atom. The fourth-order valence-corrected chi connectivity index (χ4v) is 4.87. The smallest absolute Gasteiger partial charge is 0.303 e. The molecule has 10 heteroatoms. The Balaban J connectivity index is 0.000000417. The second kappa shape index (κ2) is 12.8. The average Bonchev–Trinajstić information content (AvgIpc) is 3.27. The topological polar surface area (TPSA) is 143 Å². The van der Waals surface area contributed by atoms with Crippen LogP contribution in [0.2, 0.25) is 0 Å². The van der Waals surface area contributed by atoms with Crippen molar-refractivity contribution in [3.8, 4) is 23.0 Å². The predicted octanol–water partition coefficient (Wildman–Crippen LogP) is 4.81. The van der Waals surface area contributed by atoms with Gasteiger partial charge in [-0.3, -0.25) is 19.6 Å². The van der Waals surface area contributed by atoms with E-state index in [2.05, 4.69) is 0 Å². The van der Waals surface area contributed by atoms with E-state index in [1.54, 1.807) is 20.3 Å². The van der Waals surface area contributed by atoms with Crippen LogP contribution >= 0.6 is 0 Å². The predicted molar refractivity (Wildman–Crippen MR) is 147 cm³/mol. The van der Waals surface area contributed by atoms with Crippen LogP contribution in [0.5, 0.6) is 23.0 Å². The summed E-state index contributed by atoms with van der Waals surface area (Å²) in [7, 11) is 3.20. The number of carboxylic acids is 1. The molecule has 5 rings (SSSR count). The average molecular weight is 564 g/mol. The number of fused-ring (bicyclic) bond motifs is 2. The lowest BCUT2D eigenvalue weighted by molar-refractivity contribution is -0.171. The first-order valence-corrected chi connectivity index (χ1v) is 13.3. The quantitative estimate of drug-likeness (QED) is 0.190. The number of imide groups is 1. The maximum absolute atomic E-state index is 12.1. The molecule has 0 bridgehead atoms. The van der Waals surface area contributed by atoms with E-state index >= 15 is 0 Å². The molecule has 1 saturated heterocycles. The van der Waals surface area contributed by atoms with Crippen molar-refractivity contribution in [3.05, 3.63) is 82.9 Å². The molecule has 1 atom stereocenters. The van der Waals surface area contributed by atoms with Gasteiger partial charge in [0, 0.05) is 36.5 Å². The monoisotopic (exact) mass is 563 g/mol. The van der Waals surface area contributed by atoms with Crippen LogP contribution in [-0.4, -0.2) is 52.5 Å². The molecule has 0 saturated carbocycles. The molecule has 10 nitrogen and oxygen atoms in total. The Labute approximate surface area is 237 Å². The van der Waals surface area contributed by atoms with Crippen LogP contribution in [0, 0.1) is 0 Å². The summed E-state index contributed by atoms with van der Waals surface area (Å²) in [5, 5.41) is 29.5. The van der Waals surface area contributed by atoms with Gasteiger partial charge in [-0.1, -0.05) is 30.7 Å². The second-order valence-electron chi connectivity index (χ2n) is 9.79. The van der Waals surface area contributed by atoms with Crippen molar-refractivity contribution in [2.45, 2.75) is 50.5 Å². The number of rotatable bonds is 9. The molecule has 2 aliphatic heterocycles. The Morgan fingerprint density at radius 3 is 2.00 bits per heavy atom. The summed E-state index contributed by atoms with van der Waals surface area (Å²) < 4.78 is 16.9. The molecular formula is C31H33NO9. The van der Waals surface area contributed by atoms with Gasteiger partial charge in [-0.15, -0.1) is 0 Å². The van der Waals surface area contributed by atoms with Crippen molar-refractivity contribution >= 4 is 17.8 Å². The summed E-state index contributed by atoms with van der Waals surface area (Å²) in [4.78, 5) is 31.2. The van der Waals surface area contributed by atoms with E-state index < -0.39 is 23.4 Å². The first-order valence-electron chi connectivity index (χ1n) is 13.3. The third-order valence-corrected chi connectivity index (χ3v) is 7.12. The normalized spacial score (nSPS) is 17.1. The number of carboxylic acid groups (broad SMARTS) is 1. The van der Waals surface area contributed by atoms with Gasteiger partial charge in [0.2, 0.25) is 0 Å². The van der Waals surface area contributed by atoms with Crippen molar-refractivity contribution in [2.24, 2.45) is 0 Å². The van der Waals surface area contributed by atoms with Gasteiger partial charge in [0.25, 0.3) is 11.8 Å². The number of carbonyl (C=O) groups excluding carboxylic acids is 2. The highest BCUT2D eigenvalue weighted by atomic mass is 16.5. The summed E-state index contributed by atoms with van der Waals surface area (Å²) in [6.45, 7) is 0. The maximum atomic E-state index is 12.1. The summed E-state index contributed by atoms with van der Waals surface area (Å²) in [6, 6.07) is 18.7. The summed E-state index contributed by atoms with van der Waals surface area (Å²) >= 11 is 0. The van der Waals surface area contributed by atoms with Crippen molar-refractivity contribution in [2.75, 3.05) is 14.2 Å². The van der Waals surface area contributed by atoms with Crippen LogP contribution in [-0.2, 0) is 26.4 Å². The van der Waals surface area contributed by atoms with E-state index in [0.29, 0.717) is 46.1 Å². The van der Waals surface area contributed by atoms with E-state index in [-0.39, 0.29) is 24.3 Å². The van der Waals surface area contributed by atoms with Crippen molar-refractivity contribution in [1.82, 2.24) is 5.06 Å². The van der Waals surface area contributed by atoms with Crippen LogP contribution in [0.4, 0.5) is 0 Å². The zero-order chi connectivity index (χ0) is 29.6. The van der Waals surface area contributed by atoms with Crippen LogP contribution in [0.25, 0.3) is 0 Å². The van der Waals surface area contributed by atoms with E-state index in [1.165, 1.54) is 0 Å². The zero-order valence-electron chi connectivity index (χ0n) is 23.0. The number of carbonyl (C=O) groups is 3. The van der Waals surface area contributed by atoms with Crippen molar-refractivity contribution in [1.29, 1.82) is 0 Å². The molecule has 1 fully saturated rings. The van der Waals surface area contributed by atoms with Crippen molar-refractivity contribution < 1.29 is 44.0 Å². The standard InChI is InChI=1S/C27H28O6.C4H5NO3/c1-31-20-11-9-19(10-12-20)27(30)22-14-8-18(6-4-3-5-7-26(28)29)16-24(22)33-25-17-21(32-2)13-15-23(25)27;6-3-1-2-4(7)5(3)8/h8-17,30H,3-7H2,1-2H3,(H,28,29);8H,1-2H2. The Kier molecular flexibility index (Phi) is 9.26. The number of aliphatic hydroxyl groups is 1. The molecule has 0 spiro atoms. The lowest BCUT2D eigenvalue weighted by Gasteiger charge is -2.37. The second-order valence-corrected chi connectivity index (χ2v) is 9.79. The first kappa shape index (κ1) is 29.6. The highest BCUT2D eigenvalue weighted by molar-refractivity contribution is 6.00. The molecule has 41 heavy (non-hydrogen) atoms. The molecular weight excluding hydrogens is 530 g/mol. The molecule has 3 N–H and O–H groups in total. The van der Waals surface area contributed by atoms with Crippen LogP contribution in [0.1, 0.15) is 60.8 Å².